The molecule has 3 rings (SSSR count). The van der Waals surface area contributed by atoms with Gasteiger partial charge in [-0.15, -0.1) is 0 Å². The minimum absolute atomic E-state index is 0.0742. The average molecular weight is 294 g/mol. The third-order valence-electron chi connectivity index (χ3n) is 4.98. The highest BCUT2D eigenvalue weighted by Gasteiger charge is 2.36. The highest BCUT2D eigenvalue weighted by molar-refractivity contribution is 5.89. The van der Waals surface area contributed by atoms with Gasteiger partial charge in [0.1, 0.15) is 0 Å². The molecule has 2 saturated heterocycles. The van der Waals surface area contributed by atoms with E-state index in [-0.39, 0.29) is 23.8 Å². The largest absolute Gasteiger partial charge is 0.376 e. The first-order chi connectivity index (χ1) is 10.2. The SMILES string of the molecule is O=C(NC1CCCCC1)C1CC(=O)N(CC2CCCO2)C1. The number of carbonyl (C=O) groups excluding carboxylic acids is 2. The Labute approximate surface area is 126 Å². The Hall–Kier alpha value is -1.10. The van der Waals surface area contributed by atoms with Crippen LogP contribution < -0.4 is 5.32 Å². The fourth-order valence-corrected chi connectivity index (χ4v) is 3.72. The standard InChI is InChI=1S/C16H26N2O3/c19-15-9-12(10-18(15)11-14-7-4-8-21-14)16(20)17-13-5-2-1-3-6-13/h12-14H,1-11H2,(H,17,20). The fraction of sp³-hybridized carbons (Fsp3) is 0.875. The molecule has 0 aromatic carbocycles. The molecule has 3 aliphatic rings. The molecule has 21 heavy (non-hydrogen) atoms. The molecule has 1 saturated carbocycles. The number of amides is 2. The average Bonchev–Trinajstić information content (AvgIpc) is 3.11. The van der Waals surface area contributed by atoms with Gasteiger partial charge in [-0.1, -0.05) is 19.3 Å². The second-order valence-corrected chi connectivity index (χ2v) is 6.68. The van der Waals surface area contributed by atoms with Crippen LogP contribution >= 0.6 is 0 Å². The van der Waals surface area contributed by atoms with Gasteiger partial charge < -0.3 is 15.0 Å². The molecule has 118 valence electrons. The number of hydrogen-bond donors (Lipinski definition) is 1. The van der Waals surface area contributed by atoms with Crippen LogP contribution in [0.4, 0.5) is 0 Å². The Morgan fingerprint density at radius 1 is 1.19 bits per heavy atom. The normalized spacial score (nSPS) is 30.9. The summed E-state index contributed by atoms with van der Waals surface area (Å²) in [4.78, 5) is 26.2. The molecular formula is C16H26N2O3. The van der Waals surface area contributed by atoms with E-state index in [1.54, 1.807) is 0 Å². The molecule has 0 radical (unpaired) electrons. The van der Waals surface area contributed by atoms with Crippen molar-refractivity contribution in [2.45, 2.75) is 63.5 Å². The van der Waals surface area contributed by atoms with Crippen molar-refractivity contribution >= 4 is 11.8 Å². The maximum Gasteiger partial charge on any atom is 0.225 e. The maximum absolute atomic E-state index is 12.3. The number of ether oxygens (including phenoxy) is 1. The van der Waals surface area contributed by atoms with Gasteiger partial charge in [0.2, 0.25) is 11.8 Å². The smallest absolute Gasteiger partial charge is 0.225 e. The van der Waals surface area contributed by atoms with Gasteiger partial charge in [-0.25, -0.2) is 0 Å². The molecule has 2 unspecified atom stereocenters. The van der Waals surface area contributed by atoms with Gasteiger partial charge in [0.05, 0.1) is 12.0 Å². The Balaban J connectivity index is 1.47. The van der Waals surface area contributed by atoms with E-state index in [4.69, 9.17) is 4.74 Å². The molecule has 5 nitrogen and oxygen atoms in total. The van der Waals surface area contributed by atoms with Gasteiger partial charge in [0.25, 0.3) is 0 Å². The third-order valence-corrected chi connectivity index (χ3v) is 4.98. The number of likely N-dealkylation sites (tertiary alicyclic amines) is 1. The van der Waals surface area contributed by atoms with Gasteiger partial charge in [0.15, 0.2) is 0 Å². The Morgan fingerprint density at radius 3 is 2.71 bits per heavy atom. The first-order valence-electron chi connectivity index (χ1n) is 8.42. The van der Waals surface area contributed by atoms with E-state index in [2.05, 4.69) is 5.32 Å². The van der Waals surface area contributed by atoms with Crippen LogP contribution in [-0.2, 0) is 14.3 Å². The van der Waals surface area contributed by atoms with E-state index in [0.29, 0.717) is 25.6 Å². The van der Waals surface area contributed by atoms with Gasteiger partial charge >= 0.3 is 0 Å². The van der Waals surface area contributed by atoms with Crippen molar-refractivity contribution in [3.8, 4) is 0 Å². The number of nitrogens with one attached hydrogen (secondary N) is 1. The first kappa shape index (κ1) is 14.8. The van der Waals surface area contributed by atoms with E-state index < -0.39 is 0 Å². The molecule has 0 bridgehead atoms. The van der Waals surface area contributed by atoms with Crippen molar-refractivity contribution in [3.05, 3.63) is 0 Å². The van der Waals surface area contributed by atoms with E-state index in [1.807, 2.05) is 4.90 Å². The molecule has 2 aliphatic heterocycles. The van der Waals surface area contributed by atoms with E-state index in [0.717, 1.165) is 32.3 Å². The Morgan fingerprint density at radius 2 is 2.00 bits per heavy atom. The molecule has 1 N–H and O–H groups in total. The molecule has 1 aliphatic carbocycles. The summed E-state index contributed by atoms with van der Waals surface area (Å²) in [7, 11) is 0. The van der Waals surface area contributed by atoms with Crippen molar-refractivity contribution < 1.29 is 14.3 Å². The summed E-state index contributed by atoms with van der Waals surface area (Å²) >= 11 is 0. The minimum atomic E-state index is -0.166. The molecule has 5 heteroatoms. The lowest BCUT2D eigenvalue weighted by atomic mass is 9.95. The molecule has 0 aromatic rings. The van der Waals surface area contributed by atoms with Crippen LogP contribution in [0, 0.1) is 5.92 Å². The summed E-state index contributed by atoms with van der Waals surface area (Å²) in [5, 5.41) is 3.15. The van der Waals surface area contributed by atoms with Gasteiger partial charge in [-0.05, 0) is 25.7 Å². The molecule has 2 atom stereocenters. The summed E-state index contributed by atoms with van der Waals surface area (Å²) in [5.74, 6) is 0.0141. The quantitative estimate of drug-likeness (QED) is 0.854. The number of nitrogens with zero attached hydrogens (tertiary/aromatic N) is 1. The van der Waals surface area contributed by atoms with Crippen molar-refractivity contribution in [1.29, 1.82) is 0 Å². The maximum atomic E-state index is 12.3. The predicted octanol–water partition coefficient (Wildman–Crippen LogP) is 1.46. The van der Waals surface area contributed by atoms with Gasteiger partial charge in [-0.3, -0.25) is 9.59 Å². The van der Waals surface area contributed by atoms with E-state index in [9.17, 15) is 9.59 Å². The summed E-state index contributed by atoms with van der Waals surface area (Å²) in [6.07, 6.45) is 8.53. The number of rotatable bonds is 4. The predicted molar refractivity (Wildman–Crippen MR) is 78.7 cm³/mol. The minimum Gasteiger partial charge on any atom is -0.376 e. The van der Waals surface area contributed by atoms with Crippen molar-refractivity contribution in [2.24, 2.45) is 5.92 Å². The van der Waals surface area contributed by atoms with Crippen LogP contribution in [0.5, 0.6) is 0 Å². The second-order valence-electron chi connectivity index (χ2n) is 6.68. The summed E-state index contributed by atoms with van der Waals surface area (Å²) < 4.78 is 5.59. The van der Waals surface area contributed by atoms with Crippen LogP contribution in [0.2, 0.25) is 0 Å². The lowest BCUT2D eigenvalue weighted by Crippen LogP contribution is -2.41. The zero-order valence-corrected chi connectivity index (χ0v) is 12.7. The monoisotopic (exact) mass is 294 g/mol. The zero-order chi connectivity index (χ0) is 14.7. The highest BCUT2D eigenvalue weighted by atomic mass is 16.5. The summed E-state index contributed by atoms with van der Waals surface area (Å²) in [5.41, 5.74) is 0. The van der Waals surface area contributed by atoms with Crippen molar-refractivity contribution in [1.82, 2.24) is 10.2 Å². The van der Waals surface area contributed by atoms with Gasteiger partial charge in [0, 0.05) is 32.2 Å². The Bertz CT molecular complexity index is 387. The second kappa shape index (κ2) is 6.77. The first-order valence-corrected chi connectivity index (χ1v) is 8.42. The zero-order valence-electron chi connectivity index (χ0n) is 12.7. The lowest BCUT2D eigenvalue weighted by molar-refractivity contribution is -0.130. The van der Waals surface area contributed by atoms with Crippen molar-refractivity contribution in [2.75, 3.05) is 19.7 Å². The number of carbonyl (C=O) groups is 2. The van der Waals surface area contributed by atoms with E-state index >= 15 is 0 Å². The van der Waals surface area contributed by atoms with Crippen molar-refractivity contribution in [3.63, 3.8) is 0 Å². The highest BCUT2D eigenvalue weighted by Crippen LogP contribution is 2.23. The van der Waals surface area contributed by atoms with Crippen LogP contribution in [0.25, 0.3) is 0 Å². The molecular weight excluding hydrogens is 268 g/mol. The fourth-order valence-electron chi connectivity index (χ4n) is 3.72. The van der Waals surface area contributed by atoms with Crippen LogP contribution in [0.3, 0.4) is 0 Å². The van der Waals surface area contributed by atoms with Crippen LogP contribution in [0.1, 0.15) is 51.4 Å². The summed E-state index contributed by atoms with van der Waals surface area (Å²) in [6.45, 7) is 2.03. The molecule has 3 fully saturated rings. The van der Waals surface area contributed by atoms with E-state index in [1.165, 1.54) is 19.3 Å². The molecule has 2 heterocycles. The Kier molecular flexibility index (Phi) is 4.78. The molecule has 0 aromatic heterocycles. The topological polar surface area (TPSA) is 58.6 Å². The molecule has 2 amide bonds. The number of hydrogen-bond acceptors (Lipinski definition) is 3. The lowest BCUT2D eigenvalue weighted by Gasteiger charge is -2.24. The third kappa shape index (κ3) is 3.76. The molecule has 0 spiro atoms. The van der Waals surface area contributed by atoms with Gasteiger partial charge in [-0.2, -0.15) is 0 Å². The van der Waals surface area contributed by atoms with Crippen LogP contribution in [0.15, 0.2) is 0 Å². The summed E-state index contributed by atoms with van der Waals surface area (Å²) in [6, 6.07) is 0.327. The van der Waals surface area contributed by atoms with Crippen LogP contribution in [-0.4, -0.2) is 48.6 Å².